The maximum absolute atomic E-state index is 11.1. The predicted molar refractivity (Wildman–Crippen MR) is 48.5 cm³/mol. The molecule has 1 heterocycles. The lowest BCUT2D eigenvalue weighted by Crippen LogP contribution is -2.25. The normalized spacial score (nSPS) is 9.57. The number of aromatic nitrogens is 2. The van der Waals surface area contributed by atoms with Gasteiger partial charge in [-0.25, -0.2) is 4.79 Å². The number of nitrogens with one attached hydrogen (secondary N) is 1. The minimum absolute atomic E-state index is 0.175. The molecule has 1 aromatic heterocycles. The molecule has 1 rings (SSSR count). The lowest BCUT2D eigenvalue weighted by atomic mass is 10.5. The molecule has 1 amide bonds. The number of aryl methyl sites for hydroxylation is 1. The first-order valence-electron chi connectivity index (χ1n) is 4.11. The van der Waals surface area contributed by atoms with Crippen LogP contribution < -0.4 is 5.32 Å². The summed E-state index contributed by atoms with van der Waals surface area (Å²) in [7, 11) is 1.71. The van der Waals surface area contributed by atoms with Crippen LogP contribution in [0.1, 0.15) is 6.92 Å². The highest BCUT2D eigenvalue weighted by molar-refractivity contribution is 6.37. The summed E-state index contributed by atoms with van der Waals surface area (Å²) in [6, 6.07) is 1.58. The first kappa shape index (κ1) is 10.2. The average Bonchev–Trinajstić information content (AvgIpc) is 2.51. The van der Waals surface area contributed by atoms with E-state index in [0.717, 1.165) is 0 Å². The molecule has 0 fully saturated rings. The van der Waals surface area contributed by atoms with Crippen LogP contribution in [0, 0.1) is 0 Å². The molecule has 0 aromatic carbocycles. The highest BCUT2D eigenvalue weighted by atomic mass is 16.5. The molecule has 0 saturated heterocycles. The molecular formula is C8H11N3O3. The van der Waals surface area contributed by atoms with Crippen LogP contribution in [0.25, 0.3) is 0 Å². The van der Waals surface area contributed by atoms with E-state index in [-0.39, 0.29) is 6.61 Å². The summed E-state index contributed by atoms with van der Waals surface area (Å²) in [4.78, 5) is 22.0. The zero-order valence-electron chi connectivity index (χ0n) is 7.98. The number of anilines is 1. The van der Waals surface area contributed by atoms with Gasteiger partial charge in [0.25, 0.3) is 0 Å². The van der Waals surface area contributed by atoms with E-state index in [2.05, 4.69) is 15.2 Å². The summed E-state index contributed by atoms with van der Waals surface area (Å²) < 4.78 is 6.01. The van der Waals surface area contributed by atoms with Crippen LogP contribution in [-0.4, -0.2) is 28.3 Å². The van der Waals surface area contributed by atoms with Crippen molar-refractivity contribution in [2.75, 3.05) is 11.9 Å². The molecule has 0 spiro atoms. The molecule has 14 heavy (non-hydrogen) atoms. The van der Waals surface area contributed by atoms with E-state index in [9.17, 15) is 9.59 Å². The fraction of sp³-hybridized carbons (Fsp3) is 0.375. The number of rotatable bonds is 2. The minimum atomic E-state index is -0.904. The number of hydrogen-bond donors (Lipinski definition) is 1. The van der Waals surface area contributed by atoms with Gasteiger partial charge in [-0.05, 0) is 6.92 Å². The van der Waals surface area contributed by atoms with Crippen molar-refractivity contribution in [1.82, 2.24) is 9.78 Å². The number of amides is 1. The van der Waals surface area contributed by atoms with Gasteiger partial charge in [-0.2, -0.15) is 5.10 Å². The van der Waals surface area contributed by atoms with E-state index in [1.54, 1.807) is 26.2 Å². The standard InChI is InChI=1S/C8H11N3O3/c1-3-14-8(13)7(12)9-6-4-5-11(2)10-6/h4-5H,3H2,1-2H3,(H,9,10,12). The number of nitrogens with zero attached hydrogens (tertiary/aromatic N) is 2. The Labute approximate surface area is 80.8 Å². The molecule has 0 saturated carbocycles. The van der Waals surface area contributed by atoms with Crippen LogP contribution in [0.2, 0.25) is 0 Å². The van der Waals surface area contributed by atoms with Gasteiger partial charge < -0.3 is 4.74 Å². The van der Waals surface area contributed by atoms with Gasteiger partial charge in [-0.1, -0.05) is 0 Å². The average molecular weight is 197 g/mol. The van der Waals surface area contributed by atoms with Crippen LogP contribution in [0.4, 0.5) is 5.82 Å². The van der Waals surface area contributed by atoms with Gasteiger partial charge in [-0.15, -0.1) is 0 Å². The molecule has 76 valence electrons. The molecule has 0 bridgehead atoms. The number of carbonyl (C=O) groups excluding carboxylic acids is 2. The summed E-state index contributed by atoms with van der Waals surface area (Å²) in [6.07, 6.45) is 1.65. The van der Waals surface area contributed by atoms with Crippen molar-refractivity contribution >= 4 is 17.7 Å². The number of carbonyl (C=O) groups is 2. The van der Waals surface area contributed by atoms with Crippen LogP contribution in [0.3, 0.4) is 0 Å². The first-order chi connectivity index (χ1) is 6.63. The summed E-state index contributed by atoms with van der Waals surface area (Å²) >= 11 is 0. The second-order valence-electron chi connectivity index (χ2n) is 2.55. The molecule has 1 N–H and O–H groups in total. The molecular weight excluding hydrogens is 186 g/mol. The Kier molecular flexibility index (Phi) is 3.22. The lowest BCUT2D eigenvalue weighted by molar-refractivity contribution is -0.152. The number of esters is 1. The smallest absolute Gasteiger partial charge is 0.397 e. The third kappa shape index (κ3) is 2.58. The first-order valence-corrected chi connectivity index (χ1v) is 4.11. The minimum Gasteiger partial charge on any atom is -0.459 e. The van der Waals surface area contributed by atoms with E-state index in [1.165, 1.54) is 4.68 Å². The van der Waals surface area contributed by atoms with Gasteiger partial charge >= 0.3 is 11.9 Å². The maximum Gasteiger partial charge on any atom is 0.397 e. The summed E-state index contributed by atoms with van der Waals surface area (Å²) in [6.45, 7) is 1.81. The van der Waals surface area contributed by atoms with Crippen LogP contribution in [0.15, 0.2) is 12.3 Å². The fourth-order valence-electron chi connectivity index (χ4n) is 0.846. The molecule has 0 radical (unpaired) electrons. The van der Waals surface area contributed by atoms with Gasteiger partial charge in [0.15, 0.2) is 5.82 Å². The quantitative estimate of drug-likeness (QED) is 0.531. The van der Waals surface area contributed by atoms with Gasteiger partial charge in [0.2, 0.25) is 0 Å². The second kappa shape index (κ2) is 4.40. The van der Waals surface area contributed by atoms with E-state index >= 15 is 0 Å². The zero-order valence-corrected chi connectivity index (χ0v) is 7.98. The molecule has 0 aliphatic rings. The summed E-state index contributed by atoms with van der Waals surface area (Å²) in [5, 5.41) is 6.17. The number of hydrogen-bond acceptors (Lipinski definition) is 4. The van der Waals surface area contributed by atoms with Gasteiger partial charge in [-0.3, -0.25) is 14.8 Å². The van der Waals surface area contributed by atoms with Crippen molar-refractivity contribution in [3.63, 3.8) is 0 Å². The van der Waals surface area contributed by atoms with Crippen molar-refractivity contribution < 1.29 is 14.3 Å². The van der Waals surface area contributed by atoms with Gasteiger partial charge in [0.05, 0.1) is 6.61 Å². The molecule has 0 atom stereocenters. The van der Waals surface area contributed by atoms with Crippen molar-refractivity contribution in [1.29, 1.82) is 0 Å². The van der Waals surface area contributed by atoms with Crippen molar-refractivity contribution in [3.05, 3.63) is 12.3 Å². The Hall–Kier alpha value is -1.85. The fourth-order valence-corrected chi connectivity index (χ4v) is 0.846. The summed E-state index contributed by atoms with van der Waals surface area (Å²) in [5.74, 6) is -1.39. The highest BCUT2D eigenvalue weighted by Crippen LogP contribution is 2.00. The van der Waals surface area contributed by atoms with E-state index in [1.807, 2.05) is 0 Å². The summed E-state index contributed by atoms with van der Waals surface area (Å²) in [5.41, 5.74) is 0. The maximum atomic E-state index is 11.1. The van der Waals surface area contributed by atoms with Crippen LogP contribution in [0.5, 0.6) is 0 Å². The van der Waals surface area contributed by atoms with Crippen molar-refractivity contribution in [3.8, 4) is 0 Å². The molecule has 0 aliphatic carbocycles. The molecule has 6 heteroatoms. The van der Waals surface area contributed by atoms with Crippen molar-refractivity contribution in [2.45, 2.75) is 6.92 Å². The van der Waals surface area contributed by atoms with Gasteiger partial charge in [0, 0.05) is 19.3 Å². The predicted octanol–water partition coefficient (Wildman–Crippen LogP) is -0.0783. The Morgan fingerprint density at radius 3 is 2.86 bits per heavy atom. The molecule has 1 aromatic rings. The van der Waals surface area contributed by atoms with Crippen molar-refractivity contribution in [2.24, 2.45) is 7.05 Å². The third-order valence-corrected chi connectivity index (χ3v) is 1.42. The van der Waals surface area contributed by atoms with Gasteiger partial charge in [0.1, 0.15) is 0 Å². The van der Waals surface area contributed by atoms with Crippen LogP contribution in [-0.2, 0) is 21.4 Å². The number of ether oxygens (including phenoxy) is 1. The lowest BCUT2D eigenvalue weighted by Gasteiger charge is -2.00. The zero-order chi connectivity index (χ0) is 10.6. The monoisotopic (exact) mass is 197 g/mol. The van der Waals surface area contributed by atoms with Crippen LogP contribution >= 0.6 is 0 Å². The Balaban J connectivity index is 2.53. The molecule has 0 aliphatic heterocycles. The third-order valence-electron chi connectivity index (χ3n) is 1.42. The Morgan fingerprint density at radius 2 is 2.36 bits per heavy atom. The Morgan fingerprint density at radius 1 is 1.64 bits per heavy atom. The topological polar surface area (TPSA) is 73.2 Å². The molecule has 6 nitrogen and oxygen atoms in total. The Bertz CT molecular complexity index is 345. The largest absolute Gasteiger partial charge is 0.459 e. The SMILES string of the molecule is CCOC(=O)C(=O)Nc1ccn(C)n1. The van der Waals surface area contributed by atoms with E-state index in [0.29, 0.717) is 5.82 Å². The van der Waals surface area contributed by atoms with E-state index in [4.69, 9.17) is 0 Å². The highest BCUT2D eigenvalue weighted by Gasteiger charge is 2.15. The second-order valence-corrected chi connectivity index (χ2v) is 2.55. The molecule has 0 unspecified atom stereocenters. The van der Waals surface area contributed by atoms with E-state index < -0.39 is 11.9 Å².